The summed E-state index contributed by atoms with van der Waals surface area (Å²) in [5, 5.41) is 3.28. The van der Waals surface area contributed by atoms with Crippen molar-refractivity contribution < 1.29 is 4.79 Å². The quantitative estimate of drug-likeness (QED) is 0.774. The lowest BCUT2D eigenvalue weighted by atomic mass is 10.0. The third kappa shape index (κ3) is 2.96. The maximum Gasteiger partial charge on any atom is 0.253 e. The summed E-state index contributed by atoms with van der Waals surface area (Å²) in [6, 6.07) is 9.18. The van der Waals surface area contributed by atoms with Crippen molar-refractivity contribution in [2.75, 3.05) is 7.05 Å². The molecular formula is C17H15ClN4O. The number of carbonyl (C=O) groups is 1. The highest BCUT2D eigenvalue weighted by Crippen LogP contribution is 2.31. The lowest BCUT2D eigenvalue weighted by Gasteiger charge is -2.07. The topological polar surface area (TPSA) is 70.7 Å². The second-order valence-corrected chi connectivity index (χ2v) is 5.54. The van der Waals surface area contributed by atoms with Crippen LogP contribution in [0.4, 0.5) is 0 Å². The van der Waals surface area contributed by atoms with Gasteiger partial charge in [0.25, 0.3) is 5.91 Å². The van der Waals surface area contributed by atoms with E-state index in [0.29, 0.717) is 10.6 Å². The second-order valence-electron chi connectivity index (χ2n) is 5.10. The first kappa shape index (κ1) is 15.2. The van der Waals surface area contributed by atoms with E-state index >= 15 is 0 Å². The summed E-state index contributed by atoms with van der Waals surface area (Å²) in [5.74, 6) is -0.170. The molecule has 0 fully saturated rings. The Hall–Kier alpha value is -2.66. The molecule has 2 aromatic heterocycles. The largest absolute Gasteiger partial charge is 0.355 e. The van der Waals surface area contributed by atoms with Crippen molar-refractivity contribution in [3.8, 4) is 22.6 Å². The van der Waals surface area contributed by atoms with Crippen LogP contribution in [0.1, 0.15) is 15.9 Å². The van der Waals surface area contributed by atoms with E-state index in [9.17, 15) is 4.79 Å². The van der Waals surface area contributed by atoms with Crippen LogP contribution in [0.15, 0.2) is 42.9 Å². The summed E-state index contributed by atoms with van der Waals surface area (Å²) < 4.78 is 0. The molecule has 2 N–H and O–H groups in total. The van der Waals surface area contributed by atoms with E-state index in [4.69, 9.17) is 11.6 Å². The van der Waals surface area contributed by atoms with Gasteiger partial charge < -0.3 is 10.3 Å². The molecule has 3 rings (SSSR count). The molecule has 5 nitrogen and oxygen atoms in total. The molecule has 2 heterocycles. The molecular weight excluding hydrogens is 312 g/mol. The Kier molecular flexibility index (Phi) is 4.12. The fraction of sp³-hybridized carbons (Fsp3) is 0.118. The van der Waals surface area contributed by atoms with Gasteiger partial charge in [0.2, 0.25) is 0 Å². The fourth-order valence-corrected chi connectivity index (χ4v) is 2.60. The number of amides is 1. The van der Waals surface area contributed by atoms with Gasteiger partial charge in [-0.05, 0) is 36.8 Å². The third-order valence-electron chi connectivity index (χ3n) is 3.62. The van der Waals surface area contributed by atoms with Gasteiger partial charge in [0.1, 0.15) is 6.33 Å². The normalized spacial score (nSPS) is 10.6. The van der Waals surface area contributed by atoms with Gasteiger partial charge >= 0.3 is 0 Å². The number of H-pyrrole nitrogens is 1. The Morgan fingerprint density at radius 1 is 1.26 bits per heavy atom. The van der Waals surface area contributed by atoms with E-state index in [2.05, 4.69) is 20.3 Å². The minimum atomic E-state index is -0.170. The van der Waals surface area contributed by atoms with Crippen LogP contribution >= 0.6 is 11.6 Å². The van der Waals surface area contributed by atoms with Crippen LogP contribution in [0.2, 0.25) is 5.02 Å². The Morgan fingerprint density at radius 3 is 2.78 bits per heavy atom. The van der Waals surface area contributed by atoms with E-state index in [1.54, 1.807) is 25.4 Å². The van der Waals surface area contributed by atoms with Gasteiger partial charge in [0.15, 0.2) is 0 Å². The molecule has 0 aliphatic carbocycles. The number of aryl methyl sites for hydroxylation is 1. The standard InChI is InChI=1S/C17H15ClN4O/c1-10-3-4-11(18)7-12(10)16-13(17(23)19-2)8-15(22-16)14-5-6-20-9-21-14/h3-9,22H,1-2H3,(H,19,23). The van der Waals surface area contributed by atoms with Crippen molar-refractivity contribution in [1.29, 1.82) is 0 Å². The zero-order chi connectivity index (χ0) is 16.4. The highest BCUT2D eigenvalue weighted by Gasteiger charge is 2.18. The van der Waals surface area contributed by atoms with E-state index in [1.165, 1.54) is 6.33 Å². The molecule has 0 spiro atoms. The van der Waals surface area contributed by atoms with Gasteiger partial charge in [-0.3, -0.25) is 4.79 Å². The minimum Gasteiger partial charge on any atom is -0.355 e. The number of carbonyl (C=O) groups excluding carboxylic acids is 1. The molecule has 0 unspecified atom stereocenters. The number of rotatable bonds is 3. The van der Waals surface area contributed by atoms with Gasteiger partial charge in [0.05, 0.1) is 22.6 Å². The summed E-state index contributed by atoms with van der Waals surface area (Å²) in [6.45, 7) is 1.98. The van der Waals surface area contributed by atoms with Crippen LogP contribution in [0, 0.1) is 6.92 Å². The first-order valence-corrected chi connectivity index (χ1v) is 7.46. The number of aromatic nitrogens is 3. The molecule has 6 heteroatoms. The summed E-state index contributed by atoms with van der Waals surface area (Å²) in [7, 11) is 1.61. The van der Waals surface area contributed by atoms with Crippen LogP contribution in [0.25, 0.3) is 22.6 Å². The van der Waals surface area contributed by atoms with Gasteiger partial charge in [-0.2, -0.15) is 0 Å². The molecule has 1 amide bonds. The number of nitrogens with zero attached hydrogens (tertiary/aromatic N) is 2. The first-order valence-electron chi connectivity index (χ1n) is 7.08. The molecule has 23 heavy (non-hydrogen) atoms. The summed E-state index contributed by atoms with van der Waals surface area (Å²) in [4.78, 5) is 23.7. The molecule has 0 saturated heterocycles. The average molecular weight is 327 g/mol. The summed E-state index contributed by atoms with van der Waals surface area (Å²) in [5.41, 5.74) is 4.65. The lowest BCUT2D eigenvalue weighted by molar-refractivity contribution is 0.0964. The Balaban J connectivity index is 2.21. The van der Waals surface area contributed by atoms with Crippen molar-refractivity contribution in [3.63, 3.8) is 0 Å². The van der Waals surface area contributed by atoms with E-state index in [1.807, 2.05) is 25.1 Å². The van der Waals surface area contributed by atoms with Crippen LogP contribution in [-0.4, -0.2) is 27.9 Å². The number of hydrogen-bond acceptors (Lipinski definition) is 3. The number of hydrogen-bond donors (Lipinski definition) is 2. The average Bonchev–Trinajstić information content (AvgIpc) is 3.02. The van der Waals surface area contributed by atoms with Crippen LogP contribution in [0.5, 0.6) is 0 Å². The van der Waals surface area contributed by atoms with Crippen molar-refractivity contribution in [1.82, 2.24) is 20.3 Å². The maximum absolute atomic E-state index is 12.3. The van der Waals surface area contributed by atoms with Crippen LogP contribution in [-0.2, 0) is 0 Å². The van der Waals surface area contributed by atoms with Crippen LogP contribution < -0.4 is 5.32 Å². The van der Waals surface area contributed by atoms with Crippen molar-refractivity contribution in [2.45, 2.75) is 6.92 Å². The molecule has 0 aliphatic rings. The third-order valence-corrected chi connectivity index (χ3v) is 3.85. The molecule has 0 saturated carbocycles. The van der Waals surface area contributed by atoms with Gasteiger partial charge in [-0.1, -0.05) is 17.7 Å². The van der Waals surface area contributed by atoms with Crippen molar-refractivity contribution in [3.05, 3.63) is 59.0 Å². The summed E-state index contributed by atoms with van der Waals surface area (Å²) in [6.07, 6.45) is 3.13. The Bertz CT molecular complexity index is 858. The Morgan fingerprint density at radius 2 is 2.09 bits per heavy atom. The van der Waals surface area contributed by atoms with E-state index in [0.717, 1.165) is 28.2 Å². The summed E-state index contributed by atoms with van der Waals surface area (Å²) >= 11 is 6.12. The predicted molar refractivity (Wildman–Crippen MR) is 90.4 cm³/mol. The van der Waals surface area contributed by atoms with Crippen LogP contribution in [0.3, 0.4) is 0 Å². The van der Waals surface area contributed by atoms with E-state index < -0.39 is 0 Å². The molecule has 1 aromatic carbocycles. The van der Waals surface area contributed by atoms with Crippen molar-refractivity contribution in [2.24, 2.45) is 0 Å². The first-order chi connectivity index (χ1) is 11.1. The fourth-order valence-electron chi connectivity index (χ4n) is 2.43. The van der Waals surface area contributed by atoms with Gasteiger partial charge in [0, 0.05) is 23.8 Å². The number of aromatic amines is 1. The zero-order valence-electron chi connectivity index (χ0n) is 12.7. The lowest BCUT2D eigenvalue weighted by Crippen LogP contribution is -2.18. The Labute approximate surface area is 138 Å². The number of nitrogens with one attached hydrogen (secondary N) is 2. The molecule has 0 aliphatic heterocycles. The highest BCUT2D eigenvalue weighted by molar-refractivity contribution is 6.31. The van der Waals surface area contributed by atoms with E-state index in [-0.39, 0.29) is 5.91 Å². The SMILES string of the molecule is CNC(=O)c1cc(-c2ccncn2)[nH]c1-c1cc(Cl)ccc1C. The monoisotopic (exact) mass is 326 g/mol. The number of halogens is 1. The number of benzene rings is 1. The zero-order valence-corrected chi connectivity index (χ0v) is 13.5. The molecule has 0 bridgehead atoms. The second kappa shape index (κ2) is 6.22. The molecule has 116 valence electrons. The highest BCUT2D eigenvalue weighted by atomic mass is 35.5. The predicted octanol–water partition coefficient (Wildman–Crippen LogP) is 3.46. The smallest absolute Gasteiger partial charge is 0.253 e. The molecule has 0 atom stereocenters. The molecule has 0 radical (unpaired) electrons. The van der Waals surface area contributed by atoms with Crippen molar-refractivity contribution >= 4 is 17.5 Å². The van der Waals surface area contributed by atoms with Gasteiger partial charge in [-0.15, -0.1) is 0 Å². The molecule has 3 aromatic rings. The minimum absolute atomic E-state index is 0.170. The maximum atomic E-state index is 12.3. The van der Waals surface area contributed by atoms with Gasteiger partial charge in [-0.25, -0.2) is 9.97 Å².